The lowest BCUT2D eigenvalue weighted by Crippen LogP contribution is -2.55. The van der Waals surface area contributed by atoms with Crippen molar-refractivity contribution in [2.75, 3.05) is 19.6 Å². The van der Waals surface area contributed by atoms with Gasteiger partial charge in [0.2, 0.25) is 0 Å². The number of amides is 4. The molecule has 1 N–H and O–H groups in total. The monoisotopic (exact) mass is 271 g/mol. The lowest BCUT2D eigenvalue weighted by atomic mass is 10.2. The van der Waals surface area contributed by atoms with Crippen molar-refractivity contribution in [1.82, 2.24) is 14.9 Å². The van der Waals surface area contributed by atoms with Crippen LogP contribution in [-0.4, -0.2) is 69.4 Å². The van der Waals surface area contributed by atoms with Crippen LogP contribution in [0, 0.1) is 0 Å². The smallest absolute Gasteiger partial charge is 0.410 e. The van der Waals surface area contributed by atoms with Crippen LogP contribution in [0.3, 0.4) is 0 Å². The van der Waals surface area contributed by atoms with Crippen molar-refractivity contribution in [3.8, 4) is 0 Å². The molecule has 2 heterocycles. The van der Waals surface area contributed by atoms with E-state index in [1.54, 1.807) is 20.8 Å². The number of hydrogen-bond acceptors (Lipinski definition) is 5. The first-order valence-electron chi connectivity index (χ1n) is 6.02. The molecule has 0 saturated carbocycles. The summed E-state index contributed by atoms with van der Waals surface area (Å²) >= 11 is 0. The highest BCUT2D eigenvalue weighted by atomic mass is 16.6. The SMILES string of the molecule is CC(C)(C)OC(=O)N1CCN2C(=O)N(O)C(=O)C2C1. The minimum absolute atomic E-state index is 0.0382. The Morgan fingerprint density at radius 2 is 1.95 bits per heavy atom. The number of ether oxygens (including phenoxy) is 1. The third kappa shape index (κ3) is 2.48. The molecule has 0 spiro atoms. The Labute approximate surface area is 110 Å². The summed E-state index contributed by atoms with van der Waals surface area (Å²) in [5, 5.41) is 9.37. The fourth-order valence-electron chi connectivity index (χ4n) is 2.07. The van der Waals surface area contributed by atoms with Gasteiger partial charge in [0.15, 0.2) is 0 Å². The van der Waals surface area contributed by atoms with Gasteiger partial charge in [-0.1, -0.05) is 0 Å². The molecule has 0 aliphatic carbocycles. The second-order valence-electron chi connectivity index (χ2n) is 5.57. The highest BCUT2D eigenvalue weighted by Crippen LogP contribution is 2.21. The number of hydroxylamine groups is 2. The van der Waals surface area contributed by atoms with E-state index in [1.165, 1.54) is 9.80 Å². The summed E-state index contributed by atoms with van der Waals surface area (Å²) < 4.78 is 5.21. The largest absolute Gasteiger partial charge is 0.444 e. The van der Waals surface area contributed by atoms with Gasteiger partial charge < -0.3 is 14.5 Å². The first-order valence-corrected chi connectivity index (χ1v) is 6.02. The molecular weight excluding hydrogens is 254 g/mol. The maximum Gasteiger partial charge on any atom is 0.410 e. The fraction of sp³-hybridized carbons (Fsp3) is 0.727. The minimum atomic E-state index is -0.821. The van der Waals surface area contributed by atoms with Crippen molar-refractivity contribution in [3.05, 3.63) is 0 Å². The first kappa shape index (κ1) is 13.6. The summed E-state index contributed by atoms with van der Waals surface area (Å²) in [6.07, 6.45) is -0.524. The average molecular weight is 271 g/mol. The summed E-state index contributed by atoms with van der Waals surface area (Å²) in [6.45, 7) is 5.77. The van der Waals surface area contributed by atoms with Crippen molar-refractivity contribution < 1.29 is 24.3 Å². The Hall–Kier alpha value is -1.83. The molecule has 1 atom stereocenters. The molecule has 0 radical (unpaired) electrons. The maximum atomic E-state index is 11.9. The van der Waals surface area contributed by atoms with E-state index in [1.807, 2.05) is 0 Å². The van der Waals surface area contributed by atoms with Crippen LogP contribution in [0.25, 0.3) is 0 Å². The molecule has 0 aromatic heterocycles. The van der Waals surface area contributed by atoms with Crippen molar-refractivity contribution in [2.24, 2.45) is 0 Å². The van der Waals surface area contributed by atoms with Crippen LogP contribution >= 0.6 is 0 Å². The van der Waals surface area contributed by atoms with Gasteiger partial charge in [-0.3, -0.25) is 10.0 Å². The Balaban J connectivity index is 2.05. The van der Waals surface area contributed by atoms with Gasteiger partial charge in [0.05, 0.1) is 6.54 Å². The number of hydrogen-bond donors (Lipinski definition) is 1. The lowest BCUT2D eigenvalue weighted by Gasteiger charge is -2.35. The predicted molar refractivity (Wildman–Crippen MR) is 62.3 cm³/mol. The number of fused-ring (bicyclic) bond motifs is 1. The molecule has 2 aliphatic rings. The number of nitrogens with zero attached hydrogens (tertiary/aromatic N) is 3. The summed E-state index contributed by atoms with van der Waals surface area (Å²) in [6, 6.07) is -1.56. The normalized spacial score (nSPS) is 23.8. The van der Waals surface area contributed by atoms with Crippen molar-refractivity contribution in [2.45, 2.75) is 32.4 Å². The molecule has 8 nitrogen and oxygen atoms in total. The van der Waals surface area contributed by atoms with E-state index in [0.717, 1.165) is 0 Å². The third-order valence-corrected chi connectivity index (χ3v) is 2.95. The zero-order valence-corrected chi connectivity index (χ0v) is 11.1. The van der Waals surface area contributed by atoms with E-state index in [9.17, 15) is 19.6 Å². The molecule has 2 rings (SSSR count). The van der Waals surface area contributed by atoms with Crippen LogP contribution in [0.5, 0.6) is 0 Å². The summed E-state index contributed by atoms with van der Waals surface area (Å²) in [7, 11) is 0. The molecule has 2 fully saturated rings. The third-order valence-electron chi connectivity index (χ3n) is 2.95. The molecule has 0 aromatic carbocycles. The van der Waals surface area contributed by atoms with E-state index in [0.29, 0.717) is 0 Å². The summed E-state index contributed by atoms with van der Waals surface area (Å²) in [5.74, 6) is -0.710. The fourth-order valence-corrected chi connectivity index (χ4v) is 2.07. The van der Waals surface area contributed by atoms with Crippen LogP contribution in [0.15, 0.2) is 0 Å². The zero-order valence-electron chi connectivity index (χ0n) is 11.1. The Morgan fingerprint density at radius 1 is 1.32 bits per heavy atom. The number of imide groups is 1. The standard InChI is InChI=1S/C11H17N3O5/c1-11(2,3)19-10(17)12-4-5-13-7(6-12)8(15)14(18)9(13)16/h7,18H,4-6H2,1-3H3. The van der Waals surface area contributed by atoms with E-state index in [4.69, 9.17) is 4.74 Å². The lowest BCUT2D eigenvalue weighted by molar-refractivity contribution is -0.149. The molecule has 2 aliphatic heterocycles. The minimum Gasteiger partial charge on any atom is -0.444 e. The first-order chi connectivity index (χ1) is 8.70. The van der Waals surface area contributed by atoms with Crippen molar-refractivity contribution >= 4 is 18.0 Å². The molecule has 0 bridgehead atoms. The number of carbonyl (C=O) groups is 3. The summed E-state index contributed by atoms with van der Waals surface area (Å²) in [5.41, 5.74) is -0.618. The maximum absolute atomic E-state index is 11.9. The van der Waals surface area contributed by atoms with Gasteiger partial charge in [-0.05, 0) is 20.8 Å². The predicted octanol–water partition coefficient (Wildman–Crippen LogP) is 0.259. The van der Waals surface area contributed by atoms with Gasteiger partial charge in [0, 0.05) is 13.1 Å². The zero-order chi connectivity index (χ0) is 14.4. The van der Waals surface area contributed by atoms with Crippen LogP contribution < -0.4 is 0 Å². The molecule has 4 amide bonds. The van der Waals surface area contributed by atoms with E-state index in [-0.39, 0.29) is 24.7 Å². The quantitative estimate of drug-likeness (QED) is 0.504. The highest BCUT2D eigenvalue weighted by molar-refractivity contribution is 6.03. The van der Waals surface area contributed by atoms with Gasteiger partial charge in [-0.2, -0.15) is 0 Å². The van der Waals surface area contributed by atoms with E-state index in [2.05, 4.69) is 0 Å². The molecule has 8 heteroatoms. The molecular formula is C11H17N3O5. The number of carbonyl (C=O) groups excluding carboxylic acids is 3. The van der Waals surface area contributed by atoms with E-state index >= 15 is 0 Å². The van der Waals surface area contributed by atoms with Crippen LogP contribution in [0.2, 0.25) is 0 Å². The molecule has 1 unspecified atom stereocenters. The van der Waals surface area contributed by atoms with Crippen molar-refractivity contribution in [3.63, 3.8) is 0 Å². The van der Waals surface area contributed by atoms with Crippen molar-refractivity contribution in [1.29, 1.82) is 0 Å². The van der Waals surface area contributed by atoms with Crippen LogP contribution in [0.4, 0.5) is 9.59 Å². The van der Waals surface area contributed by atoms with Gasteiger partial charge in [-0.25, -0.2) is 9.59 Å². The van der Waals surface area contributed by atoms with Gasteiger partial charge in [-0.15, -0.1) is 5.06 Å². The summed E-state index contributed by atoms with van der Waals surface area (Å²) in [4.78, 5) is 37.6. The average Bonchev–Trinajstić information content (AvgIpc) is 2.52. The number of piperazine rings is 1. The van der Waals surface area contributed by atoms with Gasteiger partial charge >= 0.3 is 12.1 Å². The van der Waals surface area contributed by atoms with Gasteiger partial charge in [0.25, 0.3) is 5.91 Å². The Bertz CT molecular complexity index is 431. The molecule has 2 saturated heterocycles. The second-order valence-corrected chi connectivity index (χ2v) is 5.57. The van der Waals surface area contributed by atoms with Gasteiger partial charge in [0.1, 0.15) is 11.6 Å². The molecule has 19 heavy (non-hydrogen) atoms. The van der Waals surface area contributed by atoms with E-state index < -0.39 is 29.7 Å². The Kier molecular flexibility index (Phi) is 3.13. The highest BCUT2D eigenvalue weighted by Gasteiger charge is 2.48. The molecule has 0 aromatic rings. The van der Waals surface area contributed by atoms with Crippen LogP contribution in [-0.2, 0) is 9.53 Å². The topological polar surface area (TPSA) is 90.4 Å². The molecule has 106 valence electrons. The number of rotatable bonds is 0. The number of urea groups is 1. The Morgan fingerprint density at radius 3 is 2.53 bits per heavy atom. The van der Waals surface area contributed by atoms with Crippen LogP contribution in [0.1, 0.15) is 20.8 Å². The second kappa shape index (κ2) is 4.37.